The van der Waals surface area contributed by atoms with E-state index in [9.17, 15) is 4.79 Å². The maximum absolute atomic E-state index is 12.5. The number of nitrogens with zero attached hydrogens (tertiary/aromatic N) is 5. The molecule has 1 amide bonds. The molecule has 0 spiro atoms. The topological polar surface area (TPSA) is 77.6 Å². The van der Waals surface area contributed by atoms with E-state index in [0.29, 0.717) is 24.5 Å². The molecule has 26 heavy (non-hydrogen) atoms. The molecule has 4 aromatic rings. The Hall–Kier alpha value is -3.48. The van der Waals surface area contributed by atoms with Gasteiger partial charge in [0.25, 0.3) is 5.91 Å². The number of fused-ring (bicyclic) bond motifs is 1. The number of benzene rings is 2. The molecule has 0 bridgehead atoms. The minimum Gasteiger partial charge on any atom is -0.350 e. The summed E-state index contributed by atoms with van der Waals surface area (Å²) in [6.07, 6.45) is 2.04. The molecule has 0 aliphatic heterocycles. The molecule has 7 nitrogen and oxygen atoms in total. The van der Waals surface area contributed by atoms with Gasteiger partial charge in [-0.1, -0.05) is 24.3 Å². The Kier molecular flexibility index (Phi) is 4.18. The van der Waals surface area contributed by atoms with Crippen molar-refractivity contribution in [3.05, 3.63) is 72.2 Å². The molecule has 2 heterocycles. The molecule has 0 saturated heterocycles. The second kappa shape index (κ2) is 6.79. The molecule has 0 unspecified atom stereocenters. The Morgan fingerprint density at radius 3 is 2.85 bits per heavy atom. The lowest BCUT2D eigenvalue weighted by atomic mass is 10.2. The quantitative estimate of drug-likeness (QED) is 0.602. The van der Waals surface area contributed by atoms with Crippen LogP contribution in [0.25, 0.3) is 16.6 Å². The lowest BCUT2D eigenvalue weighted by Crippen LogP contribution is -2.27. The lowest BCUT2D eigenvalue weighted by molar-refractivity contribution is 0.0952. The summed E-state index contributed by atoms with van der Waals surface area (Å²) in [5.74, 6) is 0.552. The maximum Gasteiger partial charge on any atom is 0.251 e. The number of carbonyl (C=O) groups excluding carboxylic acids is 1. The van der Waals surface area contributed by atoms with Crippen LogP contribution in [0.3, 0.4) is 0 Å². The molecule has 0 aliphatic carbocycles. The predicted octanol–water partition coefficient (Wildman–Crippen LogP) is 2.36. The van der Waals surface area contributed by atoms with E-state index in [2.05, 4.69) is 43.6 Å². The zero-order valence-electron chi connectivity index (χ0n) is 14.3. The highest BCUT2D eigenvalue weighted by atomic mass is 16.1. The number of amides is 1. The van der Waals surface area contributed by atoms with Gasteiger partial charge in [0.2, 0.25) is 0 Å². The Morgan fingerprint density at radius 1 is 1.12 bits per heavy atom. The van der Waals surface area contributed by atoms with Crippen LogP contribution in [0, 0.1) is 6.92 Å². The maximum atomic E-state index is 12.5. The minimum atomic E-state index is -0.117. The second-order valence-corrected chi connectivity index (χ2v) is 6.01. The van der Waals surface area contributed by atoms with Gasteiger partial charge >= 0.3 is 0 Å². The number of para-hydroxylation sites is 1. The van der Waals surface area contributed by atoms with E-state index < -0.39 is 0 Å². The highest BCUT2D eigenvalue weighted by molar-refractivity contribution is 5.94. The molecule has 0 atom stereocenters. The number of tetrazole rings is 1. The number of hydrogen-bond donors (Lipinski definition) is 1. The molecule has 7 heteroatoms. The van der Waals surface area contributed by atoms with Crippen molar-refractivity contribution >= 4 is 16.8 Å². The monoisotopic (exact) mass is 346 g/mol. The van der Waals surface area contributed by atoms with Crippen LogP contribution in [0.2, 0.25) is 0 Å². The van der Waals surface area contributed by atoms with E-state index in [1.807, 2.05) is 37.4 Å². The first kappa shape index (κ1) is 16.0. The van der Waals surface area contributed by atoms with Crippen LogP contribution in [-0.2, 0) is 6.54 Å². The van der Waals surface area contributed by atoms with Crippen molar-refractivity contribution in [1.29, 1.82) is 0 Å². The Morgan fingerprint density at radius 2 is 2.00 bits per heavy atom. The van der Waals surface area contributed by atoms with Gasteiger partial charge in [0, 0.05) is 30.4 Å². The van der Waals surface area contributed by atoms with Crippen LogP contribution >= 0.6 is 0 Å². The molecule has 0 radical (unpaired) electrons. The molecule has 0 fully saturated rings. The van der Waals surface area contributed by atoms with Crippen molar-refractivity contribution in [2.45, 2.75) is 13.5 Å². The van der Waals surface area contributed by atoms with E-state index >= 15 is 0 Å². The van der Waals surface area contributed by atoms with Crippen molar-refractivity contribution < 1.29 is 4.79 Å². The van der Waals surface area contributed by atoms with E-state index in [1.165, 1.54) is 5.39 Å². The third-order valence-corrected chi connectivity index (χ3v) is 4.30. The molecule has 1 N–H and O–H groups in total. The van der Waals surface area contributed by atoms with Crippen molar-refractivity contribution in [1.82, 2.24) is 30.1 Å². The smallest absolute Gasteiger partial charge is 0.251 e. The number of nitrogens with one attached hydrogen (secondary N) is 1. The zero-order chi connectivity index (χ0) is 17.9. The molecule has 2 aromatic heterocycles. The van der Waals surface area contributed by atoms with Gasteiger partial charge in [0.1, 0.15) is 0 Å². The summed E-state index contributed by atoms with van der Waals surface area (Å²) in [4.78, 5) is 12.5. The summed E-state index contributed by atoms with van der Waals surface area (Å²) in [5, 5.41) is 15.6. The third kappa shape index (κ3) is 3.06. The summed E-state index contributed by atoms with van der Waals surface area (Å²) < 4.78 is 3.74. The first-order valence-corrected chi connectivity index (χ1v) is 8.40. The van der Waals surface area contributed by atoms with E-state index in [0.717, 1.165) is 11.2 Å². The van der Waals surface area contributed by atoms with Crippen LogP contribution in [-0.4, -0.2) is 37.2 Å². The largest absolute Gasteiger partial charge is 0.350 e. The molecule has 0 saturated carbocycles. The highest BCUT2D eigenvalue weighted by Crippen LogP contribution is 2.14. The van der Waals surface area contributed by atoms with E-state index in [4.69, 9.17) is 0 Å². The number of aromatic nitrogens is 5. The minimum absolute atomic E-state index is 0.117. The summed E-state index contributed by atoms with van der Waals surface area (Å²) in [5.41, 5.74) is 2.50. The van der Waals surface area contributed by atoms with E-state index in [1.54, 1.807) is 16.8 Å². The third-order valence-electron chi connectivity index (χ3n) is 4.30. The van der Waals surface area contributed by atoms with Crippen molar-refractivity contribution in [2.75, 3.05) is 6.54 Å². The number of rotatable bonds is 5. The van der Waals surface area contributed by atoms with Gasteiger partial charge in [-0.25, -0.2) is 0 Å². The van der Waals surface area contributed by atoms with Gasteiger partial charge in [0.15, 0.2) is 5.82 Å². The zero-order valence-corrected chi connectivity index (χ0v) is 14.3. The van der Waals surface area contributed by atoms with Crippen molar-refractivity contribution in [2.24, 2.45) is 0 Å². The van der Waals surface area contributed by atoms with Gasteiger partial charge in [0.05, 0.1) is 5.69 Å². The fourth-order valence-corrected chi connectivity index (χ4v) is 2.98. The first-order chi connectivity index (χ1) is 12.7. The predicted molar refractivity (Wildman–Crippen MR) is 98.2 cm³/mol. The number of hydrogen-bond acceptors (Lipinski definition) is 4. The average molecular weight is 346 g/mol. The fraction of sp³-hybridized carbons (Fsp3) is 0.158. The number of carbonyl (C=O) groups is 1. The normalized spacial score (nSPS) is 11.0. The summed E-state index contributed by atoms with van der Waals surface area (Å²) >= 11 is 0. The van der Waals surface area contributed by atoms with Crippen LogP contribution in [0.4, 0.5) is 0 Å². The van der Waals surface area contributed by atoms with Crippen LogP contribution in [0.15, 0.2) is 60.8 Å². The second-order valence-electron chi connectivity index (χ2n) is 6.01. The molecular weight excluding hydrogens is 328 g/mol. The Bertz CT molecular complexity index is 1060. The fourth-order valence-electron chi connectivity index (χ4n) is 2.98. The Balaban J connectivity index is 1.43. The van der Waals surface area contributed by atoms with Gasteiger partial charge in [-0.3, -0.25) is 4.79 Å². The molecular formula is C19H18N6O. The Labute approximate surface area is 150 Å². The average Bonchev–Trinajstić information content (AvgIpc) is 3.28. The van der Waals surface area contributed by atoms with Gasteiger partial charge in [-0.2, -0.15) is 4.68 Å². The number of aryl methyl sites for hydroxylation is 1. The standard InChI is InChI=1S/C19H18N6O/c1-14-21-22-23-25(14)17-7-4-6-16(13-17)19(26)20-10-12-24-11-9-15-5-2-3-8-18(15)24/h2-9,11,13H,10,12H2,1H3,(H,20,26). The van der Waals surface area contributed by atoms with Crippen LogP contribution < -0.4 is 5.32 Å². The summed E-state index contributed by atoms with van der Waals surface area (Å²) in [7, 11) is 0. The SMILES string of the molecule is Cc1nnnn1-c1cccc(C(=O)NCCn2ccc3ccccc32)c1. The molecule has 130 valence electrons. The van der Waals surface area contributed by atoms with Gasteiger partial charge in [-0.15, -0.1) is 5.10 Å². The van der Waals surface area contributed by atoms with Crippen LogP contribution in [0.5, 0.6) is 0 Å². The lowest BCUT2D eigenvalue weighted by Gasteiger charge is -2.09. The van der Waals surface area contributed by atoms with Crippen molar-refractivity contribution in [3.8, 4) is 5.69 Å². The first-order valence-electron chi connectivity index (χ1n) is 8.40. The van der Waals surface area contributed by atoms with Crippen molar-refractivity contribution in [3.63, 3.8) is 0 Å². The van der Waals surface area contributed by atoms with E-state index in [-0.39, 0.29) is 5.91 Å². The molecule has 4 rings (SSSR count). The summed E-state index contributed by atoms with van der Waals surface area (Å²) in [6.45, 7) is 3.07. The highest BCUT2D eigenvalue weighted by Gasteiger charge is 2.09. The summed E-state index contributed by atoms with van der Waals surface area (Å²) in [6, 6.07) is 17.5. The van der Waals surface area contributed by atoms with Gasteiger partial charge in [-0.05, 0) is 53.1 Å². The van der Waals surface area contributed by atoms with Gasteiger partial charge < -0.3 is 9.88 Å². The van der Waals surface area contributed by atoms with Crippen LogP contribution in [0.1, 0.15) is 16.2 Å². The molecule has 2 aromatic carbocycles. The molecule has 0 aliphatic rings.